The van der Waals surface area contributed by atoms with Crippen molar-refractivity contribution in [3.8, 4) is 0 Å². The van der Waals surface area contributed by atoms with Gasteiger partial charge in [-0.25, -0.2) is 0 Å². The highest BCUT2D eigenvalue weighted by Gasteiger charge is 2.15. The quantitative estimate of drug-likeness (QED) is 0.648. The highest BCUT2D eigenvalue weighted by atomic mass is 16.3. The first-order valence-corrected chi connectivity index (χ1v) is 6.63. The molecule has 0 aromatic heterocycles. The van der Waals surface area contributed by atoms with Crippen LogP contribution >= 0.6 is 0 Å². The molecule has 0 aliphatic carbocycles. The van der Waals surface area contributed by atoms with E-state index < -0.39 is 5.60 Å². The van der Waals surface area contributed by atoms with Crippen molar-refractivity contribution >= 4 is 0 Å². The lowest BCUT2D eigenvalue weighted by atomic mass is 10.1. The Hall–Kier alpha value is -0.120. The van der Waals surface area contributed by atoms with Crippen LogP contribution in [0.25, 0.3) is 0 Å². The van der Waals surface area contributed by atoms with Gasteiger partial charge in [0.2, 0.25) is 0 Å². The minimum atomic E-state index is -0.537. The van der Waals surface area contributed by atoms with Gasteiger partial charge in [-0.15, -0.1) is 0 Å². The van der Waals surface area contributed by atoms with Crippen LogP contribution in [0.1, 0.15) is 40.0 Å². The maximum atomic E-state index is 9.56. The second kappa shape index (κ2) is 6.58. The summed E-state index contributed by atoms with van der Waals surface area (Å²) in [5.41, 5.74) is -0.537. The molecule has 1 aliphatic heterocycles. The standard InChI is InChI=1S/C13H28N2O/c1-12(11-15-8-4-5-9-15)10-14-7-6-13(2,3)16/h12,14,16H,4-11H2,1-3H3. The number of rotatable bonds is 7. The molecule has 0 bridgehead atoms. The van der Waals surface area contributed by atoms with E-state index in [0.717, 1.165) is 19.5 Å². The summed E-state index contributed by atoms with van der Waals surface area (Å²) in [5, 5.41) is 13.0. The van der Waals surface area contributed by atoms with Gasteiger partial charge < -0.3 is 15.3 Å². The molecule has 0 aromatic carbocycles. The summed E-state index contributed by atoms with van der Waals surface area (Å²) in [4.78, 5) is 2.56. The van der Waals surface area contributed by atoms with Crippen LogP contribution in [-0.4, -0.2) is 48.3 Å². The largest absolute Gasteiger partial charge is 0.390 e. The first-order valence-electron chi connectivity index (χ1n) is 6.63. The number of nitrogens with zero attached hydrogens (tertiary/aromatic N) is 1. The topological polar surface area (TPSA) is 35.5 Å². The molecule has 3 heteroatoms. The average Bonchev–Trinajstić information content (AvgIpc) is 2.63. The maximum Gasteiger partial charge on any atom is 0.0603 e. The Kier molecular flexibility index (Phi) is 5.73. The van der Waals surface area contributed by atoms with E-state index in [1.807, 2.05) is 13.8 Å². The molecule has 1 heterocycles. The normalized spacial score (nSPS) is 20.2. The van der Waals surface area contributed by atoms with Crippen LogP contribution < -0.4 is 5.32 Å². The zero-order valence-electron chi connectivity index (χ0n) is 11.1. The third-order valence-electron chi connectivity index (χ3n) is 3.17. The molecule has 3 nitrogen and oxygen atoms in total. The Morgan fingerprint density at radius 1 is 1.31 bits per heavy atom. The highest BCUT2D eigenvalue weighted by Crippen LogP contribution is 2.10. The number of hydrogen-bond acceptors (Lipinski definition) is 3. The molecule has 0 aromatic rings. The fourth-order valence-corrected chi connectivity index (χ4v) is 2.21. The van der Waals surface area contributed by atoms with Crippen LogP contribution in [0.2, 0.25) is 0 Å². The molecule has 0 spiro atoms. The van der Waals surface area contributed by atoms with Crippen LogP contribution in [0.3, 0.4) is 0 Å². The lowest BCUT2D eigenvalue weighted by Crippen LogP contribution is -2.34. The zero-order chi connectivity index (χ0) is 12.0. The summed E-state index contributed by atoms with van der Waals surface area (Å²) in [6, 6.07) is 0. The molecule has 0 radical (unpaired) electrons. The summed E-state index contributed by atoms with van der Waals surface area (Å²) in [7, 11) is 0. The molecule has 1 aliphatic rings. The monoisotopic (exact) mass is 228 g/mol. The number of likely N-dealkylation sites (tertiary alicyclic amines) is 1. The van der Waals surface area contributed by atoms with E-state index in [-0.39, 0.29) is 0 Å². The summed E-state index contributed by atoms with van der Waals surface area (Å²) in [6.45, 7) is 11.8. The Bertz CT molecular complexity index is 183. The van der Waals surface area contributed by atoms with E-state index in [0.29, 0.717) is 5.92 Å². The molecule has 96 valence electrons. The van der Waals surface area contributed by atoms with E-state index in [1.54, 1.807) is 0 Å². The molecule has 1 atom stereocenters. The van der Waals surface area contributed by atoms with Gasteiger partial charge in [0.05, 0.1) is 5.60 Å². The fourth-order valence-electron chi connectivity index (χ4n) is 2.21. The predicted molar refractivity (Wildman–Crippen MR) is 68.6 cm³/mol. The van der Waals surface area contributed by atoms with Crippen LogP contribution in [-0.2, 0) is 0 Å². The van der Waals surface area contributed by atoms with Crippen LogP contribution in [0.15, 0.2) is 0 Å². The van der Waals surface area contributed by atoms with Crippen molar-refractivity contribution in [3.63, 3.8) is 0 Å². The first kappa shape index (κ1) is 13.9. The lowest BCUT2D eigenvalue weighted by molar-refractivity contribution is 0.0708. The summed E-state index contributed by atoms with van der Waals surface area (Å²) >= 11 is 0. The van der Waals surface area contributed by atoms with Crippen LogP contribution in [0.4, 0.5) is 0 Å². The Labute approximate surface area is 100 Å². The molecule has 1 unspecified atom stereocenters. The van der Waals surface area contributed by atoms with Crippen molar-refractivity contribution in [1.82, 2.24) is 10.2 Å². The van der Waals surface area contributed by atoms with Gasteiger partial charge in [0.15, 0.2) is 0 Å². The molecular formula is C13H28N2O. The van der Waals surface area contributed by atoms with E-state index >= 15 is 0 Å². The number of nitrogens with one attached hydrogen (secondary N) is 1. The molecule has 0 saturated carbocycles. The van der Waals surface area contributed by atoms with Crippen LogP contribution in [0, 0.1) is 5.92 Å². The van der Waals surface area contributed by atoms with Gasteiger partial charge in [0, 0.05) is 6.54 Å². The van der Waals surface area contributed by atoms with Crippen LogP contribution in [0.5, 0.6) is 0 Å². The van der Waals surface area contributed by atoms with E-state index in [4.69, 9.17) is 0 Å². The molecular weight excluding hydrogens is 200 g/mol. The first-order chi connectivity index (χ1) is 7.47. The molecule has 1 fully saturated rings. The third kappa shape index (κ3) is 6.46. The van der Waals surface area contributed by atoms with E-state index in [2.05, 4.69) is 17.1 Å². The summed E-state index contributed by atoms with van der Waals surface area (Å²) in [6.07, 6.45) is 3.57. The van der Waals surface area contributed by atoms with Gasteiger partial charge in [0.1, 0.15) is 0 Å². The summed E-state index contributed by atoms with van der Waals surface area (Å²) < 4.78 is 0. The van der Waals surface area contributed by atoms with Gasteiger partial charge in [-0.3, -0.25) is 0 Å². The molecule has 0 amide bonds. The second-order valence-electron chi connectivity index (χ2n) is 5.88. The Morgan fingerprint density at radius 3 is 2.50 bits per heavy atom. The van der Waals surface area contributed by atoms with Gasteiger partial charge in [-0.1, -0.05) is 6.92 Å². The van der Waals surface area contributed by atoms with Gasteiger partial charge in [-0.2, -0.15) is 0 Å². The third-order valence-corrected chi connectivity index (χ3v) is 3.17. The highest BCUT2D eigenvalue weighted by molar-refractivity contribution is 4.71. The maximum absolute atomic E-state index is 9.56. The van der Waals surface area contributed by atoms with Crippen molar-refractivity contribution < 1.29 is 5.11 Å². The van der Waals surface area contributed by atoms with Gasteiger partial charge >= 0.3 is 0 Å². The minimum absolute atomic E-state index is 0.537. The molecule has 1 saturated heterocycles. The second-order valence-corrected chi connectivity index (χ2v) is 5.88. The molecule has 1 rings (SSSR count). The van der Waals surface area contributed by atoms with Gasteiger partial charge in [-0.05, 0) is 65.2 Å². The van der Waals surface area contributed by atoms with Crippen molar-refractivity contribution in [1.29, 1.82) is 0 Å². The lowest BCUT2D eigenvalue weighted by Gasteiger charge is -2.22. The number of aliphatic hydroxyl groups is 1. The van der Waals surface area contributed by atoms with Gasteiger partial charge in [0.25, 0.3) is 0 Å². The molecule has 2 N–H and O–H groups in total. The predicted octanol–water partition coefficient (Wildman–Crippen LogP) is 1.47. The van der Waals surface area contributed by atoms with Crippen molar-refractivity contribution in [2.75, 3.05) is 32.7 Å². The van der Waals surface area contributed by atoms with Crippen molar-refractivity contribution in [3.05, 3.63) is 0 Å². The smallest absolute Gasteiger partial charge is 0.0603 e. The van der Waals surface area contributed by atoms with Crippen molar-refractivity contribution in [2.24, 2.45) is 5.92 Å². The van der Waals surface area contributed by atoms with Crippen molar-refractivity contribution in [2.45, 2.75) is 45.6 Å². The minimum Gasteiger partial charge on any atom is -0.390 e. The molecule has 16 heavy (non-hydrogen) atoms. The fraction of sp³-hybridized carbons (Fsp3) is 1.00. The zero-order valence-corrected chi connectivity index (χ0v) is 11.1. The SMILES string of the molecule is CC(CNCCC(C)(C)O)CN1CCCC1. The Morgan fingerprint density at radius 2 is 1.94 bits per heavy atom. The van der Waals surface area contributed by atoms with E-state index in [1.165, 1.54) is 32.5 Å². The van der Waals surface area contributed by atoms with E-state index in [9.17, 15) is 5.11 Å². The summed E-state index contributed by atoms with van der Waals surface area (Å²) in [5.74, 6) is 0.708. The average molecular weight is 228 g/mol. The Balaban J connectivity index is 1.99. The number of hydrogen-bond donors (Lipinski definition) is 2.